The molecule has 1 aromatic rings. The van der Waals surface area contributed by atoms with Crippen molar-refractivity contribution in [3.63, 3.8) is 0 Å². The Morgan fingerprint density at radius 3 is 3.00 bits per heavy atom. The number of sulfonamides is 1. The summed E-state index contributed by atoms with van der Waals surface area (Å²) in [6, 6.07) is 2.47. The quantitative estimate of drug-likeness (QED) is 0.811. The molecule has 7 nitrogen and oxygen atoms in total. The predicted molar refractivity (Wildman–Crippen MR) is 72.2 cm³/mol. The van der Waals surface area contributed by atoms with Crippen molar-refractivity contribution in [3.05, 3.63) is 23.5 Å². The van der Waals surface area contributed by atoms with E-state index in [4.69, 9.17) is 16.7 Å². The SMILES string of the molecule is O=C(O)N1CCC[C@@H]1CNS(=O)(=O)c1cccnc1Cl. The maximum Gasteiger partial charge on any atom is 0.407 e. The predicted octanol–water partition coefficient (Wildman–Crippen LogP) is 1.16. The van der Waals surface area contributed by atoms with E-state index in [2.05, 4.69) is 9.71 Å². The van der Waals surface area contributed by atoms with Crippen molar-refractivity contribution < 1.29 is 18.3 Å². The lowest BCUT2D eigenvalue weighted by Gasteiger charge is -2.21. The van der Waals surface area contributed by atoms with Gasteiger partial charge in [0.2, 0.25) is 10.0 Å². The van der Waals surface area contributed by atoms with Crippen molar-refractivity contribution >= 4 is 27.7 Å². The summed E-state index contributed by atoms with van der Waals surface area (Å²) in [5.41, 5.74) is 0. The molecule has 0 saturated carbocycles. The van der Waals surface area contributed by atoms with E-state index in [1.54, 1.807) is 0 Å². The summed E-state index contributed by atoms with van der Waals surface area (Å²) in [7, 11) is -3.79. The Labute approximate surface area is 121 Å². The van der Waals surface area contributed by atoms with Crippen LogP contribution < -0.4 is 4.72 Å². The van der Waals surface area contributed by atoms with E-state index < -0.39 is 16.1 Å². The minimum Gasteiger partial charge on any atom is -0.465 e. The van der Waals surface area contributed by atoms with Gasteiger partial charge in [0.1, 0.15) is 10.0 Å². The Morgan fingerprint density at radius 2 is 2.35 bits per heavy atom. The van der Waals surface area contributed by atoms with Crippen LogP contribution in [0.3, 0.4) is 0 Å². The normalized spacial score (nSPS) is 19.2. The molecule has 2 heterocycles. The number of rotatable bonds is 4. The molecule has 1 atom stereocenters. The molecular weight excluding hydrogens is 306 g/mol. The molecule has 20 heavy (non-hydrogen) atoms. The van der Waals surface area contributed by atoms with Crippen molar-refractivity contribution in [1.82, 2.24) is 14.6 Å². The number of nitrogens with one attached hydrogen (secondary N) is 1. The minimum atomic E-state index is -3.79. The van der Waals surface area contributed by atoms with Gasteiger partial charge < -0.3 is 10.0 Å². The molecule has 1 amide bonds. The number of likely N-dealkylation sites (tertiary alicyclic amines) is 1. The average molecular weight is 320 g/mol. The van der Waals surface area contributed by atoms with E-state index in [-0.39, 0.29) is 22.6 Å². The van der Waals surface area contributed by atoms with E-state index >= 15 is 0 Å². The largest absolute Gasteiger partial charge is 0.465 e. The molecule has 0 bridgehead atoms. The van der Waals surface area contributed by atoms with Crippen molar-refractivity contribution in [2.24, 2.45) is 0 Å². The highest BCUT2D eigenvalue weighted by atomic mass is 35.5. The van der Waals surface area contributed by atoms with E-state index in [1.807, 2.05) is 0 Å². The number of pyridine rings is 1. The fraction of sp³-hybridized carbons (Fsp3) is 0.455. The Hall–Kier alpha value is -1.38. The summed E-state index contributed by atoms with van der Waals surface area (Å²) in [5, 5.41) is 8.88. The summed E-state index contributed by atoms with van der Waals surface area (Å²) < 4.78 is 26.6. The lowest BCUT2D eigenvalue weighted by molar-refractivity contribution is 0.140. The van der Waals surface area contributed by atoms with E-state index in [0.717, 1.165) is 6.42 Å². The van der Waals surface area contributed by atoms with Gasteiger partial charge in [0.25, 0.3) is 0 Å². The van der Waals surface area contributed by atoms with Gasteiger partial charge in [-0.3, -0.25) is 0 Å². The number of carboxylic acid groups (broad SMARTS) is 1. The highest BCUT2D eigenvalue weighted by molar-refractivity contribution is 7.89. The van der Waals surface area contributed by atoms with Crippen LogP contribution in [0, 0.1) is 0 Å². The third-order valence-corrected chi connectivity index (χ3v) is 5.01. The molecule has 2 N–H and O–H groups in total. The maximum absolute atomic E-state index is 12.1. The average Bonchev–Trinajstić information content (AvgIpc) is 2.85. The molecule has 0 aromatic carbocycles. The Kier molecular flexibility index (Phi) is 4.46. The van der Waals surface area contributed by atoms with Gasteiger partial charge in [-0.05, 0) is 25.0 Å². The summed E-state index contributed by atoms with van der Waals surface area (Å²) in [6.07, 6.45) is 1.72. The van der Waals surface area contributed by atoms with Crippen LogP contribution in [0.25, 0.3) is 0 Å². The van der Waals surface area contributed by atoms with Crippen molar-refractivity contribution in [2.75, 3.05) is 13.1 Å². The Bertz CT molecular complexity index is 607. The van der Waals surface area contributed by atoms with Gasteiger partial charge >= 0.3 is 6.09 Å². The highest BCUT2D eigenvalue weighted by Gasteiger charge is 2.30. The third kappa shape index (κ3) is 3.20. The van der Waals surface area contributed by atoms with E-state index in [0.29, 0.717) is 13.0 Å². The molecule has 0 unspecified atom stereocenters. The van der Waals surface area contributed by atoms with Crippen LogP contribution in [0.4, 0.5) is 4.79 Å². The molecule has 9 heteroatoms. The first-order valence-electron chi connectivity index (χ1n) is 6.01. The maximum atomic E-state index is 12.1. The second kappa shape index (κ2) is 5.94. The second-order valence-corrected chi connectivity index (χ2v) is 6.51. The zero-order chi connectivity index (χ0) is 14.8. The third-order valence-electron chi connectivity index (χ3n) is 3.15. The fourth-order valence-corrected chi connectivity index (χ4v) is 3.68. The number of carbonyl (C=O) groups is 1. The van der Waals surface area contributed by atoms with Crippen molar-refractivity contribution in [1.29, 1.82) is 0 Å². The molecule has 2 rings (SSSR count). The molecule has 0 aliphatic carbocycles. The lowest BCUT2D eigenvalue weighted by Crippen LogP contribution is -2.42. The van der Waals surface area contributed by atoms with Crippen LogP contribution in [0.15, 0.2) is 23.2 Å². The Balaban J connectivity index is 2.07. The topological polar surface area (TPSA) is 99.6 Å². The minimum absolute atomic E-state index is 0.0276. The second-order valence-electron chi connectivity index (χ2n) is 4.42. The molecule has 1 saturated heterocycles. The molecule has 110 valence electrons. The van der Waals surface area contributed by atoms with Gasteiger partial charge in [-0.25, -0.2) is 22.9 Å². The van der Waals surface area contributed by atoms with E-state index in [9.17, 15) is 13.2 Å². The first kappa shape index (κ1) is 15.0. The van der Waals surface area contributed by atoms with Crippen LogP contribution in [-0.2, 0) is 10.0 Å². The lowest BCUT2D eigenvalue weighted by atomic mass is 10.2. The number of hydrogen-bond acceptors (Lipinski definition) is 4. The zero-order valence-corrected chi connectivity index (χ0v) is 12.1. The van der Waals surface area contributed by atoms with E-state index in [1.165, 1.54) is 23.2 Å². The molecule has 0 spiro atoms. The smallest absolute Gasteiger partial charge is 0.407 e. The summed E-state index contributed by atoms with van der Waals surface area (Å²) in [4.78, 5) is 15.8. The summed E-state index contributed by atoms with van der Waals surface area (Å²) in [6.45, 7) is 0.454. The van der Waals surface area contributed by atoms with Crippen LogP contribution in [0.5, 0.6) is 0 Å². The van der Waals surface area contributed by atoms with Crippen molar-refractivity contribution in [3.8, 4) is 0 Å². The van der Waals surface area contributed by atoms with Crippen LogP contribution in [0.2, 0.25) is 5.15 Å². The molecule has 1 fully saturated rings. The monoisotopic (exact) mass is 319 g/mol. The molecule has 0 radical (unpaired) electrons. The highest BCUT2D eigenvalue weighted by Crippen LogP contribution is 2.20. The van der Waals surface area contributed by atoms with Gasteiger partial charge in [0.05, 0.1) is 0 Å². The summed E-state index contributed by atoms with van der Waals surface area (Å²) in [5.74, 6) is 0. The van der Waals surface area contributed by atoms with Gasteiger partial charge in [-0.1, -0.05) is 11.6 Å². The van der Waals surface area contributed by atoms with Gasteiger partial charge in [-0.15, -0.1) is 0 Å². The molecule has 1 aromatic heterocycles. The molecular formula is C11H14ClN3O4S. The van der Waals surface area contributed by atoms with Crippen LogP contribution in [0.1, 0.15) is 12.8 Å². The number of hydrogen-bond donors (Lipinski definition) is 2. The first-order valence-corrected chi connectivity index (χ1v) is 7.87. The first-order chi connectivity index (χ1) is 9.42. The van der Waals surface area contributed by atoms with Crippen LogP contribution in [-0.4, -0.2) is 48.6 Å². The van der Waals surface area contributed by atoms with Gasteiger partial charge in [-0.2, -0.15) is 0 Å². The number of amides is 1. The Morgan fingerprint density at radius 1 is 1.60 bits per heavy atom. The van der Waals surface area contributed by atoms with Gasteiger partial charge in [0.15, 0.2) is 0 Å². The molecule has 1 aliphatic heterocycles. The molecule has 1 aliphatic rings. The summed E-state index contributed by atoms with van der Waals surface area (Å²) >= 11 is 5.75. The van der Waals surface area contributed by atoms with Crippen LogP contribution >= 0.6 is 11.6 Å². The standard InChI is InChI=1S/C11H14ClN3O4S/c12-10-9(4-1-5-13-10)20(18,19)14-7-8-3-2-6-15(8)11(16)17/h1,4-5,8,14H,2-3,6-7H2,(H,16,17)/t8-/m1/s1. The zero-order valence-electron chi connectivity index (χ0n) is 10.5. The van der Waals surface area contributed by atoms with Gasteiger partial charge in [0, 0.05) is 25.3 Å². The number of aromatic nitrogens is 1. The fourth-order valence-electron chi connectivity index (χ4n) is 2.16. The van der Waals surface area contributed by atoms with Crippen molar-refractivity contribution in [2.45, 2.75) is 23.8 Å². The number of nitrogens with zero attached hydrogens (tertiary/aromatic N) is 2. The number of halogens is 1.